The fourth-order valence-corrected chi connectivity index (χ4v) is 2.39. The van der Waals surface area contributed by atoms with Gasteiger partial charge in [-0.2, -0.15) is 0 Å². The lowest BCUT2D eigenvalue weighted by Crippen LogP contribution is -2.50. The van der Waals surface area contributed by atoms with E-state index in [0.717, 1.165) is 5.56 Å². The van der Waals surface area contributed by atoms with E-state index in [1.54, 1.807) is 12.1 Å². The first kappa shape index (κ1) is 19.1. The van der Waals surface area contributed by atoms with Crippen LogP contribution in [0, 0.1) is 0 Å². The van der Waals surface area contributed by atoms with E-state index in [2.05, 4.69) is 5.32 Å². The van der Waals surface area contributed by atoms with E-state index in [4.69, 9.17) is 5.73 Å². The van der Waals surface area contributed by atoms with Crippen LogP contribution in [0.15, 0.2) is 42.5 Å². The van der Waals surface area contributed by atoms with Crippen LogP contribution in [0.5, 0.6) is 17.2 Å². The Morgan fingerprint density at radius 2 is 1.54 bits per heavy atom. The first-order chi connectivity index (χ1) is 12.3. The summed E-state index contributed by atoms with van der Waals surface area (Å²) in [6, 6.07) is 7.90. The minimum atomic E-state index is -1.25. The van der Waals surface area contributed by atoms with E-state index < -0.39 is 24.0 Å². The second-order valence-corrected chi connectivity index (χ2v) is 5.90. The Bertz CT molecular complexity index is 791. The maximum Gasteiger partial charge on any atom is 0.326 e. The molecule has 2 rings (SSSR count). The predicted octanol–water partition coefficient (Wildman–Crippen LogP) is 0.485. The molecule has 0 saturated heterocycles. The van der Waals surface area contributed by atoms with Crippen molar-refractivity contribution >= 4 is 11.9 Å². The SMILES string of the molecule is NC(Cc1ccc(O)cc1)C(=O)NC(Cc1ccc(O)c(O)c1)C(=O)O. The molecule has 138 valence electrons. The first-order valence-electron chi connectivity index (χ1n) is 7.84. The molecule has 2 aromatic carbocycles. The number of phenols is 3. The normalized spacial score (nSPS) is 13.0. The van der Waals surface area contributed by atoms with Gasteiger partial charge in [-0.3, -0.25) is 4.79 Å². The van der Waals surface area contributed by atoms with Gasteiger partial charge in [-0.25, -0.2) is 4.79 Å². The van der Waals surface area contributed by atoms with E-state index >= 15 is 0 Å². The van der Waals surface area contributed by atoms with Gasteiger partial charge in [0.2, 0.25) is 5.91 Å². The van der Waals surface area contributed by atoms with E-state index in [9.17, 15) is 30.0 Å². The number of aliphatic carboxylic acids is 1. The van der Waals surface area contributed by atoms with Crippen LogP contribution in [0.1, 0.15) is 11.1 Å². The molecule has 7 N–H and O–H groups in total. The number of carboxylic acid groups (broad SMARTS) is 1. The number of benzene rings is 2. The summed E-state index contributed by atoms with van der Waals surface area (Å²) in [5, 5.41) is 39.7. The van der Waals surface area contributed by atoms with Gasteiger partial charge in [0.25, 0.3) is 0 Å². The lowest BCUT2D eigenvalue weighted by molar-refractivity contribution is -0.141. The maximum absolute atomic E-state index is 12.2. The summed E-state index contributed by atoms with van der Waals surface area (Å²) in [6.07, 6.45) is 0.0965. The lowest BCUT2D eigenvalue weighted by Gasteiger charge is -2.18. The Morgan fingerprint density at radius 1 is 0.923 bits per heavy atom. The smallest absolute Gasteiger partial charge is 0.326 e. The number of hydrogen-bond acceptors (Lipinski definition) is 6. The summed E-state index contributed by atoms with van der Waals surface area (Å²) in [7, 11) is 0. The summed E-state index contributed by atoms with van der Waals surface area (Å²) in [5.41, 5.74) is 6.99. The van der Waals surface area contributed by atoms with Crippen LogP contribution >= 0.6 is 0 Å². The van der Waals surface area contributed by atoms with Gasteiger partial charge in [0.05, 0.1) is 6.04 Å². The minimum absolute atomic E-state index is 0.0825. The number of carbonyl (C=O) groups is 2. The average molecular weight is 360 g/mol. The molecule has 8 heteroatoms. The van der Waals surface area contributed by atoms with Crippen molar-refractivity contribution in [3.63, 3.8) is 0 Å². The van der Waals surface area contributed by atoms with Crippen LogP contribution in [0.25, 0.3) is 0 Å². The Morgan fingerprint density at radius 3 is 2.12 bits per heavy atom. The number of rotatable bonds is 7. The summed E-state index contributed by atoms with van der Waals surface area (Å²) >= 11 is 0. The highest BCUT2D eigenvalue weighted by Gasteiger charge is 2.24. The van der Waals surface area contributed by atoms with Crippen molar-refractivity contribution in [3.05, 3.63) is 53.6 Å². The van der Waals surface area contributed by atoms with E-state index in [-0.39, 0.29) is 30.1 Å². The van der Waals surface area contributed by atoms with Gasteiger partial charge in [-0.15, -0.1) is 0 Å². The molecule has 0 aliphatic heterocycles. The molecule has 0 aromatic heterocycles. The molecule has 0 spiro atoms. The number of phenolic OH excluding ortho intramolecular Hbond substituents is 3. The first-order valence-corrected chi connectivity index (χ1v) is 7.84. The molecule has 2 aromatic rings. The minimum Gasteiger partial charge on any atom is -0.508 e. The number of hydrogen-bond donors (Lipinski definition) is 6. The highest BCUT2D eigenvalue weighted by atomic mass is 16.4. The Balaban J connectivity index is 2.01. The molecule has 2 unspecified atom stereocenters. The standard InChI is InChI=1S/C18H20N2O6/c19-13(7-10-1-4-12(21)5-2-10)17(24)20-14(18(25)26)8-11-3-6-15(22)16(23)9-11/h1-6,9,13-14,21-23H,7-8,19H2,(H,20,24)(H,25,26). The topological polar surface area (TPSA) is 153 Å². The molecule has 0 aliphatic rings. The highest BCUT2D eigenvalue weighted by molar-refractivity contribution is 5.87. The van der Waals surface area contributed by atoms with E-state index in [1.165, 1.54) is 30.3 Å². The molecule has 0 fully saturated rings. The largest absolute Gasteiger partial charge is 0.508 e. The summed E-state index contributed by atoms with van der Waals surface area (Å²) in [6.45, 7) is 0. The molecule has 2 atom stereocenters. The highest BCUT2D eigenvalue weighted by Crippen LogP contribution is 2.25. The number of carboxylic acids is 1. The molecule has 8 nitrogen and oxygen atoms in total. The van der Waals surface area contributed by atoms with Gasteiger partial charge >= 0.3 is 5.97 Å². The van der Waals surface area contributed by atoms with Gasteiger partial charge in [-0.05, 0) is 41.8 Å². The number of amides is 1. The fourth-order valence-electron chi connectivity index (χ4n) is 2.39. The van der Waals surface area contributed by atoms with Crippen molar-refractivity contribution in [2.45, 2.75) is 24.9 Å². The van der Waals surface area contributed by atoms with Crippen LogP contribution < -0.4 is 11.1 Å². The number of nitrogens with one attached hydrogen (secondary N) is 1. The number of aromatic hydroxyl groups is 3. The van der Waals surface area contributed by atoms with Crippen LogP contribution in [0.2, 0.25) is 0 Å². The molecule has 1 amide bonds. The number of carbonyl (C=O) groups excluding carboxylic acids is 1. The van der Waals surface area contributed by atoms with Crippen molar-refractivity contribution in [2.24, 2.45) is 5.73 Å². The third kappa shape index (κ3) is 5.12. The molecular weight excluding hydrogens is 340 g/mol. The van der Waals surface area contributed by atoms with Crippen LogP contribution in [-0.2, 0) is 22.4 Å². The molecule has 26 heavy (non-hydrogen) atoms. The van der Waals surface area contributed by atoms with Gasteiger partial charge in [0, 0.05) is 6.42 Å². The van der Waals surface area contributed by atoms with Gasteiger partial charge in [0.15, 0.2) is 11.5 Å². The zero-order chi connectivity index (χ0) is 19.3. The zero-order valence-corrected chi connectivity index (χ0v) is 13.8. The number of nitrogens with two attached hydrogens (primary N) is 1. The van der Waals surface area contributed by atoms with Crippen LogP contribution in [-0.4, -0.2) is 44.4 Å². The maximum atomic E-state index is 12.2. The van der Waals surface area contributed by atoms with Crippen molar-refractivity contribution in [1.29, 1.82) is 0 Å². The molecular formula is C18H20N2O6. The Hall–Kier alpha value is -3.26. The van der Waals surface area contributed by atoms with E-state index in [1.807, 2.05) is 0 Å². The average Bonchev–Trinajstić information content (AvgIpc) is 2.59. The summed E-state index contributed by atoms with van der Waals surface area (Å²) < 4.78 is 0. The second kappa shape index (κ2) is 8.21. The van der Waals surface area contributed by atoms with Crippen molar-refractivity contribution < 1.29 is 30.0 Å². The molecule has 0 bridgehead atoms. The molecule has 0 aliphatic carbocycles. The van der Waals surface area contributed by atoms with E-state index in [0.29, 0.717) is 5.56 Å². The van der Waals surface area contributed by atoms with Gasteiger partial charge < -0.3 is 31.5 Å². The third-order valence-corrected chi connectivity index (χ3v) is 3.82. The predicted molar refractivity (Wildman–Crippen MR) is 92.8 cm³/mol. The fraction of sp³-hybridized carbons (Fsp3) is 0.222. The molecule has 0 heterocycles. The van der Waals surface area contributed by atoms with Crippen LogP contribution in [0.4, 0.5) is 0 Å². The van der Waals surface area contributed by atoms with Crippen LogP contribution in [0.3, 0.4) is 0 Å². The molecule has 0 saturated carbocycles. The monoisotopic (exact) mass is 360 g/mol. The lowest BCUT2D eigenvalue weighted by atomic mass is 10.0. The zero-order valence-electron chi connectivity index (χ0n) is 13.8. The van der Waals surface area contributed by atoms with Gasteiger partial charge in [-0.1, -0.05) is 18.2 Å². The summed E-state index contributed by atoms with van der Waals surface area (Å²) in [4.78, 5) is 23.6. The van der Waals surface area contributed by atoms with Crippen molar-refractivity contribution in [1.82, 2.24) is 5.32 Å². The van der Waals surface area contributed by atoms with Crippen molar-refractivity contribution in [2.75, 3.05) is 0 Å². The summed E-state index contributed by atoms with van der Waals surface area (Å²) in [5.74, 6) is -2.48. The third-order valence-electron chi connectivity index (χ3n) is 3.82. The second-order valence-electron chi connectivity index (χ2n) is 5.90. The quantitative estimate of drug-likeness (QED) is 0.393. The Labute approximate surface area is 149 Å². The van der Waals surface area contributed by atoms with Crippen molar-refractivity contribution in [3.8, 4) is 17.2 Å². The molecule has 0 radical (unpaired) electrons. The Kier molecular flexibility index (Phi) is 6.03. The van der Waals surface area contributed by atoms with Gasteiger partial charge in [0.1, 0.15) is 11.8 Å².